The van der Waals surface area contributed by atoms with Gasteiger partial charge in [0.25, 0.3) is 10.2 Å². The lowest BCUT2D eigenvalue weighted by atomic mass is 10.00. The Kier molecular flexibility index (Phi) is 6.01. The minimum Gasteiger partial charge on any atom is -0.319 e. The first-order valence-electron chi connectivity index (χ1n) is 7.15. The third-order valence-electron chi connectivity index (χ3n) is 3.66. The summed E-state index contributed by atoms with van der Waals surface area (Å²) in [6.07, 6.45) is 1.98. The van der Waals surface area contributed by atoms with Crippen LogP contribution in [0.5, 0.6) is 0 Å². The minimum atomic E-state index is -3.43. The summed E-state index contributed by atoms with van der Waals surface area (Å²) in [7, 11) is -1.54. The monoisotopic (exact) mass is 331 g/mol. The first-order chi connectivity index (χ1) is 10.0. The highest BCUT2D eigenvalue weighted by Crippen LogP contribution is 2.18. The zero-order chi connectivity index (χ0) is 15.3. The van der Waals surface area contributed by atoms with E-state index in [9.17, 15) is 8.42 Å². The SMILES string of the molecule is CNCC1CCCN(S(=O)(=O)NCc2cccc(Cl)c2)C1. The molecule has 0 amide bonds. The van der Waals surface area contributed by atoms with Crippen molar-refractivity contribution in [3.63, 3.8) is 0 Å². The fraction of sp³-hybridized carbons (Fsp3) is 0.571. The molecule has 1 aliphatic heterocycles. The Balaban J connectivity index is 1.94. The Morgan fingerprint density at radius 3 is 2.95 bits per heavy atom. The quantitative estimate of drug-likeness (QED) is 0.832. The fourth-order valence-corrected chi connectivity index (χ4v) is 4.13. The van der Waals surface area contributed by atoms with Gasteiger partial charge in [0.15, 0.2) is 0 Å². The van der Waals surface area contributed by atoms with Crippen molar-refractivity contribution in [2.45, 2.75) is 19.4 Å². The van der Waals surface area contributed by atoms with Gasteiger partial charge in [-0.25, -0.2) is 0 Å². The lowest BCUT2D eigenvalue weighted by molar-refractivity contribution is 0.261. The van der Waals surface area contributed by atoms with Crippen molar-refractivity contribution in [2.75, 3.05) is 26.7 Å². The summed E-state index contributed by atoms with van der Waals surface area (Å²) < 4.78 is 28.9. The Morgan fingerprint density at radius 2 is 2.24 bits per heavy atom. The molecular formula is C14H22ClN3O2S. The highest BCUT2D eigenvalue weighted by atomic mass is 35.5. The van der Waals surface area contributed by atoms with E-state index in [0.29, 0.717) is 24.0 Å². The van der Waals surface area contributed by atoms with E-state index in [-0.39, 0.29) is 6.54 Å². The normalized spacial score (nSPS) is 20.6. The highest BCUT2D eigenvalue weighted by molar-refractivity contribution is 7.87. The van der Waals surface area contributed by atoms with Crippen LogP contribution in [0.1, 0.15) is 18.4 Å². The number of piperidine rings is 1. The number of nitrogens with zero attached hydrogens (tertiary/aromatic N) is 1. The van der Waals surface area contributed by atoms with Gasteiger partial charge < -0.3 is 5.32 Å². The molecule has 1 aromatic carbocycles. The molecule has 21 heavy (non-hydrogen) atoms. The summed E-state index contributed by atoms with van der Waals surface area (Å²) in [5.41, 5.74) is 0.856. The van der Waals surface area contributed by atoms with E-state index in [1.807, 2.05) is 19.2 Å². The van der Waals surface area contributed by atoms with Gasteiger partial charge in [-0.2, -0.15) is 17.4 Å². The maximum Gasteiger partial charge on any atom is 0.279 e. The number of hydrogen-bond donors (Lipinski definition) is 2. The van der Waals surface area contributed by atoms with Crippen molar-refractivity contribution in [2.24, 2.45) is 5.92 Å². The predicted octanol–water partition coefficient (Wildman–Crippen LogP) is 1.61. The molecule has 0 spiro atoms. The summed E-state index contributed by atoms with van der Waals surface area (Å²) in [4.78, 5) is 0. The van der Waals surface area contributed by atoms with Crippen LogP contribution in [0, 0.1) is 5.92 Å². The number of rotatable bonds is 6. The van der Waals surface area contributed by atoms with Gasteiger partial charge in [0.2, 0.25) is 0 Å². The van der Waals surface area contributed by atoms with Crippen molar-refractivity contribution in [3.8, 4) is 0 Å². The van der Waals surface area contributed by atoms with E-state index in [1.165, 1.54) is 0 Å². The van der Waals surface area contributed by atoms with E-state index in [1.54, 1.807) is 16.4 Å². The molecule has 0 saturated carbocycles. The molecule has 0 radical (unpaired) electrons. The van der Waals surface area contributed by atoms with Gasteiger partial charge in [0.1, 0.15) is 0 Å². The lowest BCUT2D eigenvalue weighted by Crippen LogP contribution is -2.47. The molecule has 1 unspecified atom stereocenters. The predicted molar refractivity (Wildman–Crippen MR) is 85.4 cm³/mol. The van der Waals surface area contributed by atoms with Crippen LogP contribution in [0.25, 0.3) is 0 Å². The highest BCUT2D eigenvalue weighted by Gasteiger charge is 2.28. The van der Waals surface area contributed by atoms with Crippen LogP contribution in [0.15, 0.2) is 24.3 Å². The Hall–Kier alpha value is -0.660. The topological polar surface area (TPSA) is 61.4 Å². The Bertz CT molecular complexity index is 563. The molecule has 1 atom stereocenters. The van der Waals surface area contributed by atoms with Gasteiger partial charge >= 0.3 is 0 Å². The van der Waals surface area contributed by atoms with E-state index in [2.05, 4.69) is 10.0 Å². The Labute approximate surface area is 131 Å². The molecule has 2 N–H and O–H groups in total. The van der Waals surface area contributed by atoms with Crippen LogP contribution in [-0.4, -0.2) is 39.4 Å². The second kappa shape index (κ2) is 7.56. The van der Waals surface area contributed by atoms with Crippen molar-refractivity contribution in [1.29, 1.82) is 0 Å². The van der Waals surface area contributed by atoms with Gasteiger partial charge in [0, 0.05) is 24.7 Å². The molecule has 1 saturated heterocycles. The maximum absolute atomic E-state index is 12.4. The van der Waals surface area contributed by atoms with Crippen LogP contribution in [0.2, 0.25) is 5.02 Å². The number of hydrogen-bond acceptors (Lipinski definition) is 3. The summed E-state index contributed by atoms with van der Waals surface area (Å²) in [5, 5.41) is 3.73. The van der Waals surface area contributed by atoms with Crippen molar-refractivity contribution < 1.29 is 8.42 Å². The molecule has 0 bridgehead atoms. The van der Waals surface area contributed by atoms with Crippen molar-refractivity contribution in [1.82, 2.24) is 14.3 Å². The molecule has 1 heterocycles. The summed E-state index contributed by atoms with van der Waals surface area (Å²) in [6, 6.07) is 7.21. The standard InChI is InChI=1S/C14H22ClN3O2S/c1-16-9-13-5-3-7-18(11-13)21(19,20)17-10-12-4-2-6-14(15)8-12/h2,4,6,8,13,16-17H,3,5,7,9-11H2,1H3. The third-order valence-corrected chi connectivity index (χ3v) is 5.42. The van der Waals surface area contributed by atoms with Crippen LogP contribution >= 0.6 is 11.6 Å². The van der Waals surface area contributed by atoms with Gasteiger partial charge in [-0.05, 0) is 50.0 Å². The summed E-state index contributed by atoms with van der Waals surface area (Å²) in [5.74, 6) is 0.381. The van der Waals surface area contributed by atoms with Gasteiger partial charge in [-0.1, -0.05) is 23.7 Å². The van der Waals surface area contributed by atoms with E-state index >= 15 is 0 Å². The fourth-order valence-electron chi connectivity index (χ4n) is 2.61. The van der Waals surface area contributed by atoms with E-state index < -0.39 is 10.2 Å². The number of nitrogens with one attached hydrogen (secondary N) is 2. The first kappa shape index (κ1) is 16.7. The summed E-state index contributed by atoms with van der Waals surface area (Å²) >= 11 is 5.90. The van der Waals surface area contributed by atoms with Crippen LogP contribution < -0.4 is 10.0 Å². The second-order valence-electron chi connectivity index (χ2n) is 5.38. The van der Waals surface area contributed by atoms with Crippen LogP contribution in [0.3, 0.4) is 0 Å². The average Bonchev–Trinajstić information content (AvgIpc) is 2.46. The minimum absolute atomic E-state index is 0.260. The Morgan fingerprint density at radius 1 is 1.43 bits per heavy atom. The van der Waals surface area contributed by atoms with Crippen LogP contribution in [0.4, 0.5) is 0 Å². The zero-order valence-corrected chi connectivity index (χ0v) is 13.8. The van der Waals surface area contributed by atoms with Crippen molar-refractivity contribution in [3.05, 3.63) is 34.9 Å². The molecule has 1 fully saturated rings. The zero-order valence-electron chi connectivity index (χ0n) is 12.2. The maximum atomic E-state index is 12.4. The average molecular weight is 332 g/mol. The molecule has 118 valence electrons. The van der Waals surface area contributed by atoms with E-state index in [0.717, 1.165) is 24.9 Å². The third kappa shape index (κ3) is 4.93. The molecule has 7 heteroatoms. The largest absolute Gasteiger partial charge is 0.319 e. The molecule has 1 aliphatic rings. The van der Waals surface area contributed by atoms with E-state index in [4.69, 9.17) is 11.6 Å². The number of benzene rings is 1. The number of halogens is 1. The van der Waals surface area contributed by atoms with Crippen molar-refractivity contribution >= 4 is 21.8 Å². The van der Waals surface area contributed by atoms with Gasteiger partial charge in [-0.3, -0.25) is 0 Å². The van der Waals surface area contributed by atoms with Gasteiger partial charge in [-0.15, -0.1) is 0 Å². The molecule has 2 rings (SSSR count). The molecule has 5 nitrogen and oxygen atoms in total. The lowest BCUT2D eigenvalue weighted by Gasteiger charge is -2.31. The first-order valence-corrected chi connectivity index (χ1v) is 8.97. The molecule has 0 aliphatic carbocycles. The summed E-state index contributed by atoms with van der Waals surface area (Å²) in [6.45, 7) is 2.27. The smallest absolute Gasteiger partial charge is 0.279 e. The second-order valence-corrected chi connectivity index (χ2v) is 7.57. The molecular weight excluding hydrogens is 310 g/mol. The molecule has 0 aromatic heterocycles. The van der Waals surface area contributed by atoms with Crippen LogP contribution in [-0.2, 0) is 16.8 Å². The molecule has 1 aromatic rings. The van der Waals surface area contributed by atoms with Gasteiger partial charge in [0.05, 0.1) is 0 Å².